The summed E-state index contributed by atoms with van der Waals surface area (Å²) in [5.41, 5.74) is 2.68. The van der Waals surface area contributed by atoms with E-state index >= 15 is 0 Å². The van der Waals surface area contributed by atoms with E-state index in [1.54, 1.807) is 7.11 Å². The molecule has 0 unspecified atom stereocenters. The maximum atomic E-state index is 12.8. The SMILES string of the molecule is CCCOc1ccc(CNC(=S)NC(=O)C(C)(C)CCCOc2cc(C)ccc2C)cc1OC. The Morgan fingerprint density at radius 2 is 1.74 bits per heavy atom. The van der Waals surface area contributed by atoms with E-state index in [0.29, 0.717) is 42.8 Å². The fourth-order valence-corrected chi connectivity index (χ4v) is 3.49. The van der Waals surface area contributed by atoms with Crippen LogP contribution in [0.4, 0.5) is 0 Å². The Hall–Kier alpha value is -2.80. The predicted molar refractivity (Wildman–Crippen MR) is 141 cm³/mol. The second kappa shape index (κ2) is 13.2. The number of aryl methyl sites for hydroxylation is 2. The average molecular weight is 487 g/mol. The fourth-order valence-electron chi connectivity index (χ4n) is 3.32. The molecular weight excluding hydrogens is 448 g/mol. The van der Waals surface area contributed by atoms with E-state index in [-0.39, 0.29) is 5.91 Å². The molecule has 2 N–H and O–H groups in total. The Kier molecular flexibility index (Phi) is 10.6. The first-order valence-corrected chi connectivity index (χ1v) is 12.2. The quantitative estimate of drug-likeness (QED) is 0.306. The van der Waals surface area contributed by atoms with Gasteiger partial charge in [-0.1, -0.05) is 39.0 Å². The highest BCUT2D eigenvalue weighted by Gasteiger charge is 2.27. The number of rotatable bonds is 12. The van der Waals surface area contributed by atoms with Gasteiger partial charge in [0, 0.05) is 12.0 Å². The number of thiocarbonyl (C=S) groups is 1. The summed E-state index contributed by atoms with van der Waals surface area (Å²) in [6.07, 6.45) is 2.37. The topological polar surface area (TPSA) is 68.8 Å². The van der Waals surface area contributed by atoms with Gasteiger partial charge < -0.3 is 24.8 Å². The summed E-state index contributed by atoms with van der Waals surface area (Å²) in [4.78, 5) is 12.8. The van der Waals surface area contributed by atoms with Crippen LogP contribution in [-0.2, 0) is 11.3 Å². The van der Waals surface area contributed by atoms with Crippen molar-refractivity contribution < 1.29 is 19.0 Å². The first-order chi connectivity index (χ1) is 16.2. The number of methoxy groups -OCH3 is 1. The van der Waals surface area contributed by atoms with Crippen molar-refractivity contribution in [1.82, 2.24) is 10.6 Å². The highest BCUT2D eigenvalue weighted by atomic mass is 32.1. The van der Waals surface area contributed by atoms with Gasteiger partial charge in [-0.25, -0.2) is 0 Å². The van der Waals surface area contributed by atoms with Gasteiger partial charge in [-0.05, 0) is 80.2 Å². The molecule has 0 aliphatic carbocycles. The van der Waals surface area contributed by atoms with E-state index in [4.69, 9.17) is 26.4 Å². The summed E-state index contributed by atoms with van der Waals surface area (Å²) >= 11 is 5.34. The Morgan fingerprint density at radius 1 is 1.00 bits per heavy atom. The van der Waals surface area contributed by atoms with Gasteiger partial charge in [0.2, 0.25) is 5.91 Å². The predicted octanol–water partition coefficient (Wildman–Crippen LogP) is 5.48. The van der Waals surface area contributed by atoms with Crippen molar-refractivity contribution in [2.24, 2.45) is 5.41 Å². The maximum absolute atomic E-state index is 12.8. The number of ether oxygens (including phenoxy) is 3. The molecular formula is C27H38N2O4S. The molecule has 34 heavy (non-hydrogen) atoms. The Balaban J connectivity index is 1.79. The molecule has 1 amide bonds. The van der Waals surface area contributed by atoms with E-state index in [2.05, 4.69) is 29.7 Å². The Bertz CT molecular complexity index is 975. The van der Waals surface area contributed by atoms with Gasteiger partial charge in [0.05, 0.1) is 20.3 Å². The monoisotopic (exact) mass is 486 g/mol. The highest BCUT2D eigenvalue weighted by molar-refractivity contribution is 7.80. The number of nitrogens with one attached hydrogen (secondary N) is 2. The first-order valence-electron chi connectivity index (χ1n) is 11.8. The molecule has 2 aromatic carbocycles. The third-order valence-corrected chi connectivity index (χ3v) is 5.78. The molecule has 7 heteroatoms. The summed E-state index contributed by atoms with van der Waals surface area (Å²) in [6, 6.07) is 11.9. The molecule has 0 heterocycles. The van der Waals surface area contributed by atoms with Crippen LogP contribution in [0.3, 0.4) is 0 Å². The van der Waals surface area contributed by atoms with Crippen LogP contribution in [0.25, 0.3) is 0 Å². The van der Waals surface area contributed by atoms with Crippen LogP contribution in [-0.4, -0.2) is 31.3 Å². The van der Waals surface area contributed by atoms with Crippen LogP contribution in [0.15, 0.2) is 36.4 Å². The van der Waals surface area contributed by atoms with Gasteiger partial charge in [-0.3, -0.25) is 4.79 Å². The van der Waals surface area contributed by atoms with Crippen LogP contribution in [0.1, 0.15) is 56.7 Å². The molecule has 2 rings (SSSR count). The number of hydrogen-bond donors (Lipinski definition) is 2. The van der Waals surface area contributed by atoms with Crippen molar-refractivity contribution >= 4 is 23.2 Å². The lowest BCUT2D eigenvalue weighted by molar-refractivity contribution is -0.128. The van der Waals surface area contributed by atoms with Crippen molar-refractivity contribution in [3.8, 4) is 17.2 Å². The molecule has 186 valence electrons. The highest BCUT2D eigenvalue weighted by Crippen LogP contribution is 2.28. The summed E-state index contributed by atoms with van der Waals surface area (Å²) in [5, 5.41) is 6.21. The van der Waals surface area contributed by atoms with Gasteiger partial charge in [-0.15, -0.1) is 0 Å². The van der Waals surface area contributed by atoms with Gasteiger partial charge in [0.25, 0.3) is 0 Å². The minimum absolute atomic E-state index is 0.113. The minimum Gasteiger partial charge on any atom is -0.493 e. The normalized spacial score (nSPS) is 11.0. The second-order valence-electron chi connectivity index (χ2n) is 9.08. The molecule has 0 radical (unpaired) electrons. The Labute approximate surface area is 209 Å². The second-order valence-corrected chi connectivity index (χ2v) is 9.48. The van der Waals surface area contributed by atoms with E-state index in [9.17, 15) is 4.79 Å². The molecule has 0 spiro atoms. The standard InChI is InChI=1S/C27H38N2O4S/c1-7-14-32-22-12-11-21(17-24(22)31-6)18-28-26(34)29-25(30)27(4,5)13-8-15-33-23-16-19(2)9-10-20(23)3/h9-12,16-17H,7-8,13-15,18H2,1-6H3,(H2,28,29,30,34). The van der Waals surface area contributed by atoms with Gasteiger partial charge in [-0.2, -0.15) is 0 Å². The first kappa shape index (κ1) is 27.4. The van der Waals surface area contributed by atoms with Crippen molar-refractivity contribution in [2.75, 3.05) is 20.3 Å². The lowest BCUT2D eigenvalue weighted by atomic mass is 9.87. The molecule has 6 nitrogen and oxygen atoms in total. The van der Waals surface area contributed by atoms with Crippen LogP contribution >= 0.6 is 12.2 Å². The molecule has 0 aromatic heterocycles. The summed E-state index contributed by atoms with van der Waals surface area (Å²) < 4.78 is 17.0. The molecule has 0 fully saturated rings. The average Bonchev–Trinajstić information content (AvgIpc) is 2.81. The van der Waals surface area contributed by atoms with Gasteiger partial charge >= 0.3 is 0 Å². The smallest absolute Gasteiger partial charge is 0.231 e. The van der Waals surface area contributed by atoms with Gasteiger partial charge in [0.15, 0.2) is 16.6 Å². The molecule has 0 atom stereocenters. The molecule has 0 saturated heterocycles. The lowest BCUT2D eigenvalue weighted by Crippen LogP contribution is -2.45. The van der Waals surface area contributed by atoms with Crippen molar-refractivity contribution in [3.05, 3.63) is 53.1 Å². The zero-order chi connectivity index (χ0) is 25.1. The molecule has 0 aliphatic rings. The summed E-state index contributed by atoms with van der Waals surface area (Å²) in [6.45, 7) is 11.6. The van der Waals surface area contributed by atoms with E-state index in [1.807, 2.05) is 52.0 Å². The Morgan fingerprint density at radius 3 is 2.44 bits per heavy atom. The number of carbonyl (C=O) groups excluding carboxylic acids is 1. The van der Waals surface area contributed by atoms with Crippen LogP contribution in [0.2, 0.25) is 0 Å². The third kappa shape index (κ3) is 8.52. The zero-order valence-electron chi connectivity index (χ0n) is 21.2. The number of hydrogen-bond acceptors (Lipinski definition) is 5. The van der Waals surface area contributed by atoms with Crippen molar-refractivity contribution in [2.45, 2.75) is 60.4 Å². The van der Waals surface area contributed by atoms with Crippen LogP contribution in [0, 0.1) is 19.3 Å². The molecule has 2 aromatic rings. The van der Waals surface area contributed by atoms with Gasteiger partial charge in [0.1, 0.15) is 5.75 Å². The molecule has 0 bridgehead atoms. The molecule has 0 saturated carbocycles. The lowest BCUT2D eigenvalue weighted by Gasteiger charge is -2.24. The maximum Gasteiger partial charge on any atom is 0.231 e. The zero-order valence-corrected chi connectivity index (χ0v) is 22.1. The largest absolute Gasteiger partial charge is 0.493 e. The van der Waals surface area contributed by atoms with Crippen molar-refractivity contribution in [3.63, 3.8) is 0 Å². The summed E-state index contributed by atoms with van der Waals surface area (Å²) in [7, 11) is 1.62. The number of carbonyl (C=O) groups is 1. The summed E-state index contributed by atoms with van der Waals surface area (Å²) in [5.74, 6) is 2.17. The fraction of sp³-hybridized carbons (Fsp3) is 0.481. The van der Waals surface area contributed by atoms with E-state index in [1.165, 1.54) is 5.56 Å². The van der Waals surface area contributed by atoms with Crippen LogP contribution in [0.5, 0.6) is 17.2 Å². The van der Waals surface area contributed by atoms with E-state index < -0.39 is 5.41 Å². The van der Waals surface area contributed by atoms with Crippen molar-refractivity contribution in [1.29, 1.82) is 0 Å². The third-order valence-electron chi connectivity index (χ3n) is 5.53. The number of benzene rings is 2. The molecule has 0 aliphatic heterocycles. The van der Waals surface area contributed by atoms with E-state index in [0.717, 1.165) is 29.7 Å². The number of amides is 1. The van der Waals surface area contributed by atoms with Crippen LogP contribution < -0.4 is 24.8 Å². The minimum atomic E-state index is -0.571.